The molecule has 112 valence electrons. The molecule has 0 aliphatic carbocycles. The molecule has 0 radical (unpaired) electrons. The molecule has 3 nitrogen and oxygen atoms in total. The lowest BCUT2D eigenvalue weighted by Gasteiger charge is -2.37. The summed E-state index contributed by atoms with van der Waals surface area (Å²) in [4.78, 5) is 0. The Balaban J connectivity index is 2.15. The molecule has 2 unspecified atom stereocenters. The molecular formula is C14H19F3N2O. The summed E-state index contributed by atoms with van der Waals surface area (Å²) in [6.45, 7) is -0.569. The first kappa shape index (κ1) is 15.3. The molecule has 0 aromatic heterocycles. The van der Waals surface area contributed by atoms with Gasteiger partial charge in [-0.2, -0.15) is 13.2 Å². The third-order valence-corrected chi connectivity index (χ3v) is 3.50. The number of hydrogen-bond donors (Lipinski definition) is 1. The first-order valence-corrected chi connectivity index (χ1v) is 6.72. The van der Waals surface area contributed by atoms with Crippen LogP contribution in [-0.2, 0) is 4.74 Å². The fourth-order valence-corrected chi connectivity index (χ4v) is 2.56. The molecule has 2 N–H and O–H groups in total. The molecule has 1 saturated heterocycles. The predicted octanol–water partition coefficient (Wildman–Crippen LogP) is 3.03. The lowest BCUT2D eigenvalue weighted by molar-refractivity contribution is -0.194. The summed E-state index contributed by atoms with van der Waals surface area (Å²) < 4.78 is 42.4. The van der Waals surface area contributed by atoms with E-state index in [0.29, 0.717) is 6.54 Å². The third kappa shape index (κ3) is 4.19. The number of hydrogen-bond acceptors (Lipinski definition) is 3. The van der Waals surface area contributed by atoms with Gasteiger partial charge in [0.1, 0.15) is 6.61 Å². The molecule has 1 fully saturated rings. The van der Waals surface area contributed by atoms with Crippen molar-refractivity contribution in [3.8, 4) is 0 Å². The molecular weight excluding hydrogens is 269 g/mol. The molecule has 6 heteroatoms. The lowest BCUT2D eigenvalue weighted by atomic mass is 9.94. The van der Waals surface area contributed by atoms with E-state index < -0.39 is 18.9 Å². The van der Waals surface area contributed by atoms with E-state index in [-0.39, 0.29) is 6.04 Å². The molecule has 1 aromatic carbocycles. The maximum atomic E-state index is 12.4. The summed E-state index contributed by atoms with van der Waals surface area (Å²) in [7, 11) is 0. The van der Waals surface area contributed by atoms with Crippen LogP contribution in [0.4, 0.5) is 13.2 Å². The number of nitrogens with zero attached hydrogens (tertiary/aromatic N) is 1. The van der Waals surface area contributed by atoms with E-state index in [4.69, 9.17) is 10.6 Å². The highest BCUT2D eigenvalue weighted by molar-refractivity contribution is 5.19. The zero-order chi connectivity index (χ0) is 14.6. The van der Waals surface area contributed by atoms with Gasteiger partial charge >= 0.3 is 6.18 Å². The number of nitrogens with two attached hydrogens (primary N) is 1. The first-order chi connectivity index (χ1) is 9.47. The van der Waals surface area contributed by atoms with Crippen molar-refractivity contribution in [3.05, 3.63) is 35.9 Å². The zero-order valence-corrected chi connectivity index (χ0v) is 11.1. The van der Waals surface area contributed by atoms with Gasteiger partial charge in [0.05, 0.1) is 12.1 Å². The summed E-state index contributed by atoms with van der Waals surface area (Å²) in [5, 5.41) is 1.61. The molecule has 2 atom stereocenters. The molecule has 2 rings (SSSR count). The van der Waals surface area contributed by atoms with Gasteiger partial charge in [0.25, 0.3) is 0 Å². The van der Waals surface area contributed by atoms with Crippen molar-refractivity contribution in [2.24, 2.45) is 5.84 Å². The molecule has 0 saturated carbocycles. The van der Waals surface area contributed by atoms with Crippen LogP contribution in [0.15, 0.2) is 30.3 Å². The monoisotopic (exact) mass is 288 g/mol. The van der Waals surface area contributed by atoms with Gasteiger partial charge in [-0.1, -0.05) is 36.8 Å². The molecule has 0 amide bonds. The number of benzene rings is 1. The van der Waals surface area contributed by atoms with E-state index in [1.54, 1.807) is 29.3 Å². The maximum absolute atomic E-state index is 12.4. The van der Waals surface area contributed by atoms with Crippen LogP contribution in [0.5, 0.6) is 0 Å². The Bertz CT molecular complexity index is 411. The quantitative estimate of drug-likeness (QED) is 0.865. The average molecular weight is 288 g/mol. The Hall–Kier alpha value is -1.11. The third-order valence-electron chi connectivity index (χ3n) is 3.50. The molecule has 0 spiro atoms. The minimum Gasteiger partial charge on any atom is -0.362 e. The molecule has 1 heterocycles. The number of piperidine rings is 1. The largest absolute Gasteiger partial charge is 0.411 e. The van der Waals surface area contributed by atoms with Crippen molar-refractivity contribution >= 4 is 0 Å². The molecule has 1 aliphatic heterocycles. The van der Waals surface area contributed by atoms with E-state index >= 15 is 0 Å². The van der Waals surface area contributed by atoms with E-state index in [1.807, 2.05) is 6.07 Å². The van der Waals surface area contributed by atoms with Gasteiger partial charge in [0, 0.05) is 6.54 Å². The van der Waals surface area contributed by atoms with Crippen molar-refractivity contribution in [1.29, 1.82) is 0 Å². The Kier molecular flexibility index (Phi) is 5.01. The van der Waals surface area contributed by atoms with Crippen LogP contribution in [-0.4, -0.2) is 30.4 Å². The lowest BCUT2D eigenvalue weighted by Crippen LogP contribution is -2.48. The van der Waals surface area contributed by atoms with E-state index in [2.05, 4.69) is 0 Å². The summed E-state index contributed by atoms with van der Waals surface area (Å²) in [6.07, 6.45) is -2.32. The predicted molar refractivity (Wildman–Crippen MR) is 69.7 cm³/mol. The standard InChI is InChI=1S/C14H19F3N2O/c15-14(16,17)10-20-13(11-6-2-1-3-7-11)12-8-4-5-9-19(12)18/h1-3,6-7,12-13H,4-5,8-10,18H2. The van der Waals surface area contributed by atoms with E-state index in [0.717, 1.165) is 24.8 Å². The maximum Gasteiger partial charge on any atom is 0.411 e. The second-order valence-corrected chi connectivity index (χ2v) is 5.06. The Morgan fingerprint density at radius 3 is 2.55 bits per heavy atom. The highest BCUT2D eigenvalue weighted by Crippen LogP contribution is 2.31. The van der Waals surface area contributed by atoms with Crippen LogP contribution in [0.3, 0.4) is 0 Å². The number of alkyl halides is 3. The smallest absolute Gasteiger partial charge is 0.362 e. The van der Waals surface area contributed by atoms with Gasteiger partial charge in [-0.15, -0.1) is 0 Å². The molecule has 1 aliphatic rings. The van der Waals surface area contributed by atoms with Crippen LogP contribution in [0.25, 0.3) is 0 Å². The Labute approximate surface area is 116 Å². The van der Waals surface area contributed by atoms with Crippen LogP contribution in [0, 0.1) is 0 Å². The molecule has 0 bridgehead atoms. The molecule has 20 heavy (non-hydrogen) atoms. The fourth-order valence-electron chi connectivity index (χ4n) is 2.56. The summed E-state index contributed by atoms with van der Waals surface area (Å²) >= 11 is 0. The summed E-state index contributed by atoms with van der Waals surface area (Å²) in [5.41, 5.74) is 0.735. The van der Waals surface area contributed by atoms with Crippen molar-refractivity contribution in [2.45, 2.75) is 37.6 Å². The van der Waals surface area contributed by atoms with Gasteiger partial charge in [0.2, 0.25) is 0 Å². The van der Waals surface area contributed by atoms with Crippen LogP contribution >= 0.6 is 0 Å². The first-order valence-electron chi connectivity index (χ1n) is 6.72. The van der Waals surface area contributed by atoms with E-state index in [1.165, 1.54) is 0 Å². The number of halogens is 3. The number of rotatable bonds is 4. The molecule has 1 aromatic rings. The Morgan fingerprint density at radius 2 is 1.95 bits per heavy atom. The van der Waals surface area contributed by atoms with Crippen LogP contribution in [0.1, 0.15) is 30.9 Å². The van der Waals surface area contributed by atoms with Gasteiger partial charge in [-0.25, -0.2) is 5.01 Å². The minimum absolute atomic E-state index is 0.214. The second-order valence-electron chi connectivity index (χ2n) is 5.06. The zero-order valence-electron chi connectivity index (χ0n) is 11.1. The SMILES string of the molecule is NN1CCCCC1C(OCC(F)(F)F)c1ccccc1. The van der Waals surface area contributed by atoms with Crippen LogP contribution < -0.4 is 5.84 Å². The van der Waals surface area contributed by atoms with Crippen molar-refractivity contribution < 1.29 is 17.9 Å². The highest BCUT2D eigenvalue weighted by Gasteiger charge is 2.35. The topological polar surface area (TPSA) is 38.5 Å². The normalized spacial score (nSPS) is 22.7. The summed E-state index contributed by atoms with van der Waals surface area (Å²) in [6, 6.07) is 8.76. The fraction of sp³-hybridized carbons (Fsp3) is 0.571. The van der Waals surface area contributed by atoms with Gasteiger partial charge < -0.3 is 4.74 Å². The number of ether oxygens (including phenoxy) is 1. The highest BCUT2D eigenvalue weighted by atomic mass is 19.4. The Morgan fingerprint density at radius 1 is 1.25 bits per heavy atom. The van der Waals surface area contributed by atoms with Gasteiger partial charge in [0.15, 0.2) is 0 Å². The van der Waals surface area contributed by atoms with Crippen LogP contribution in [0.2, 0.25) is 0 Å². The minimum atomic E-state index is -4.33. The van der Waals surface area contributed by atoms with Crippen molar-refractivity contribution in [1.82, 2.24) is 5.01 Å². The van der Waals surface area contributed by atoms with Crippen molar-refractivity contribution in [2.75, 3.05) is 13.2 Å². The van der Waals surface area contributed by atoms with E-state index in [9.17, 15) is 13.2 Å². The average Bonchev–Trinajstić information content (AvgIpc) is 2.41. The van der Waals surface area contributed by atoms with Crippen molar-refractivity contribution in [3.63, 3.8) is 0 Å². The number of hydrazine groups is 1. The van der Waals surface area contributed by atoms with Gasteiger partial charge in [-0.05, 0) is 18.4 Å². The second kappa shape index (κ2) is 6.56. The summed E-state index contributed by atoms with van der Waals surface area (Å²) in [5.74, 6) is 5.93. The van der Waals surface area contributed by atoms with Gasteiger partial charge in [-0.3, -0.25) is 5.84 Å².